The number of amidine groups is 1. The van der Waals surface area contributed by atoms with Crippen LogP contribution in [0.25, 0.3) is 0 Å². The van der Waals surface area contributed by atoms with Crippen LogP contribution in [0.5, 0.6) is 5.75 Å². The topological polar surface area (TPSA) is 128 Å². The van der Waals surface area contributed by atoms with Crippen LogP contribution in [0.2, 0.25) is 0 Å². The molecule has 0 spiro atoms. The van der Waals surface area contributed by atoms with Gasteiger partial charge in [0.15, 0.2) is 11.9 Å². The third-order valence-electron chi connectivity index (χ3n) is 3.10. The molecule has 0 fully saturated rings. The number of nitrogens with two attached hydrogens (primary N) is 1. The molecule has 1 heterocycles. The molecule has 0 saturated carbocycles. The molecule has 0 amide bonds. The standard InChI is InChI=1S/C13H12F3N5O2/c14-13(15,16)11-4-9(22)7-3-6(1-2-10(7)23-11)20-21-8(5-17)12(18)19/h1-3,9,11,20,22H,4H2,(H3,18,19)/b21-8+. The molecule has 1 aromatic carbocycles. The highest BCUT2D eigenvalue weighted by Gasteiger charge is 2.45. The fourth-order valence-corrected chi connectivity index (χ4v) is 1.98. The minimum atomic E-state index is -4.57. The molecule has 0 aliphatic carbocycles. The highest BCUT2D eigenvalue weighted by atomic mass is 19.4. The Morgan fingerprint density at radius 1 is 1.52 bits per heavy atom. The highest BCUT2D eigenvalue weighted by Crippen LogP contribution is 2.41. The molecule has 2 atom stereocenters. The van der Waals surface area contributed by atoms with Gasteiger partial charge in [-0.05, 0) is 18.2 Å². The van der Waals surface area contributed by atoms with E-state index in [4.69, 9.17) is 21.1 Å². The van der Waals surface area contributed by atoms with E-state index in [1.54, 1.807) is 6.07 Å². The summed E-state index contributed by atoms with van der Waals surface area (Å²) in [4.78, 5) is 0. The number of ether oxygens (including phenoxy) is 1. The van der Waals surface area contributed by atoms with Gasteiger partial charge in [-0.15, -0.1) is 0 Å². The van der Waals surface area contributed by atoms with Crippen molar-refractivity contribution in [2.75, 3.05) is 5.43 Å². The largest absolute Gasteiger partial charge is 0.480 e. The molecule has 0 aromatic heterocycles. The number of fused-ring (bicyclic) bond motifs is 1. The van der Waals surface area contributed by atoms with Crippen LogP contribution in [0.1, 0.15) is 18.1 Å². The van der Waals surface area contributed by atoms with Crippen molar-refractivity contribution in [1.29, 1.82) is 10.7 Å². The molecular formula is C13H12F3N5O2. The number of nitriles is 1. The summed E-state index contributed by atoms with van der Waals surface area (Å²) in [7, 11) is 0. The fourth-order valence-electron chi connectivity index (χ4n) is 1.98. The SMILES string of the molecule is N#C/C(=N\Nc1ccc2c(c1)C(O)CC(C(F)(F)F)O2)C(=N)N. The maximum absolute atomic E-state index is 12.7. The van der Waals surface area contributed by atoms with E-state index in [-0.39, 0.29) is 17.0 Å². The lowest BCUT2D eigenvalue weighted by molar-refractivity contribution is -0.207. The number of hydrazone groups is 1. The molecule has 1 aliphatic rings. The van der Waals surface area contributed by atoms with E-state index in [1.807, 2.05) is 0 Å². The minimum absolute atomic E-state index is 0.0762. The number of rotatable bonds is 3. The Labute approximate surface area is 128 Å². The van der Waals surface area contributed by atoms with Gasteiger partial charge in [0.1, 0.15) is 11.8 Å². The third-order valence-corrected chi connectivity index (χ3v) is 3.10. The Kier molecular flexibility index (Phi) is 4.42. The summed E-state index contributed by atoms with van der Waals surface area (Å²) in [6, 6.07) is 5.58. The lowest BCUT2D eigenvalue weighted by atomic mass is 9.98. The molecule has 10 heteroatoms. The summed E-state index contributed by atoms with van der Waals surface area (Å²) < 4.78 is 42.9. The van der Waals surface area contributed by atoms with E-state index in [9.17, 15) is 18.3 Å². The van der Waals surface area contributed by atoms with Crippen molar-refractivity contribution in [3.8, 4) is 11.8 Å². The van der Waals surface area contributed by atoms with Crippen molar-refractivity contribution in [3.63, 3.8) is 0 Å². The number of benzene rings is 1. The van der Waals surface area contributed by atoms with Gasteiger partial charge >= 0.3 is 6.18 Å². The van der Waals surface area contributed by atoms with E-state index >= 15 is 0 Å². The molecule has 1 aliphatic heterocycles. The molecule has 1 aromatic rings. The van der Waals surface area contributed by atoms with Gasteiger partial charge in [0.05, 0.1) is 11.8 Å². The van der Waals surface area contributed by atoms with Gasteiger partial charge in [0.2, 0.25) is 5.71 Å². The molecule has 0 bridgehead atoms. The van der Waals surface area contributed by atoms with Gasteiger partial charge in [0.25, 0.3) is 0 Å². The van der Waals surface area contributed by atoms with Crippen LogP contribution in [0.4, 0.5) is 18.9 Å². The molecule has 23 heavy (non-hydrogen) atoms. The van der Waals surface area contributed by atoms with Crippen molar-refractivity contribution >= 4 is 17.2 Å². The van der Waals surface area contributed by atoms with E-state index in [2.05, 4.69) is 10.5 Å². The summed E-state index contributed by atoms with van der Waals surface area (Å²) in [5.74, 6) is -0.609. The van der Waals surface area contributed by atoms with Crippen molar-refractivity contribution in [1.82, 2.24) is 0 Å². The summed E-state index contributed by atoms with van der Waals surface area (Å²) in [5, 5.41) is 29.3. The van der Waals surface area contributed by atoms with Crippen molar-refractivity contribution in [2.45, 2.75) is 24.8 Å². The molecular weight excluding hydrogens is 315 g/mol. The Balaban J connectivity index is 2.23. The first kappa shape index (κ1) is 16.6. The number of aliphatic hydroxyl groups excluding tert-OH is 1. The zero-order valence-electron chi connectivity index (χ0n) is 11.6. The summed E-state index contributed by atoms with van der Waals surface area (Å²) in [5.41, 5.74) is 7.69. The average molecular weight is 327 g/mol. The number of anilines is 1. The zero-order valence-corrected chi connectivity index (χ0v) is 11.6. The first-order valence-corrected chi connectivity index (χ1v) is 6.36. The lowest BCUT2D eigenvalue weighted by Crippen LogP contribution is -2.38. The first-order valence-electron chi connectivity index (χ1n) is 6.36. The van der Waals surface area contributed by atoms with Crippen molar-refractivity contribution in [2.24, 2.45) is 10.8 Å². The smallest absolute Gasteiger partial charge is 0.425 e. The number of halogens is 3. The van der Waals surface area contributed by atoms with E-state index < -0.39 is 30.6 Å². The maximum Gasteiger partial charge on any atom is 0.425 e. The van der Waals surface area contributed by atoms with Crippen LogP contribution in [-0.4, -0.2) is 28.9 Å². The van der Waals surface area contributed by atoms with Crippen LogP contribution in [0, 0.1) is 16.7 Å². The molecule has 7 nitrogen and oxygen atoms in total. The second-order valence-electron chi connectivity index (χ2n) is 4.75. The van der Waals surface area contributed by atoms with Crippen LogP contribution in [0.15, 0.2) is 23.3 Å². The van der Waals surface area contributed by atoms with Gasteiger partial charge in [-0.1, -0.05) is 0 Å². The second kappa shape index (κ2) is 6.13. The Bertz CT molecular complexity index is 696. The van der Waals surface area contributed by atoms with Gasteiger partial charge in [-0.2, -0.15) is 23.5 Å². The maximum atomic E-state index is 12.7. The van der Waals surface area contributed by atoms with Gasteiger partial charge in [-0.25, -0.2) is 0 Å². The van der Waals surface area contributed by atoms with Gasteiger partial charge in [0, 0.05) is 12.0 Å². The van der Waals surface area contributed by atoms with Crippen LogP contribution < -0.4 is 15.9 Å². The normalized spacial score (nSPS) is 20.9. The number of hydrogen-bond donors (Lipinski definition) is 4. The van der Waals surface area contributed by atoms with E-state index in [0.717, 1.165) is 0 Å². The second-order valence-corrected chi connectivity index (χ2v) is 4.75. The molecule has 2 rings (SSSR count). The number of alkyl halides is 3. The Morgan fingerprint density at radius 3 is 2.78 bits per heavy atom. The molecule has 122 valence electrons. The zero-order chi connectivity index (χ0) is 17.2. The fraction of sp³-hybridized carbons (Fsp3) is 0.308. The molecule has 2 unspecified atom stereocenters. The predicted octanol–water partition coefficient (Wildman–Crippen LogP) is 1.66. The summed E-state index contributed by atoms with van der Waals surface area (Å²) >= 11 is 0. The first-order chi connectivity index (χ1) is 10.7. The number of aliphatic hydroxyl groups is 1. The van der Waals surface area contributed by atoms with Crippen LogP contribution in [0.3, 0.4) is 0 Å². The van der Waals surface area contributed by atoms with Crippen LogP contribution >= 0.6 is 0 Å². The van der Waals surface area contributed by atoms with Crippen LogP contribution in [-0.2, 0) is 0 Å². The third kappa shape index (κ3) is 3.70. The molecule has 0 saturated heterocycles. The Morgan fingerprint density at radius 2 is 2.22 bits per heavy atom. The van der Waals surface area contributed by atoms with E-state index in [0.29, 0.717) is 5.69 Å². The number of nitrogens with one attached hydrogen (secondary N) is 2. The summed E-state index contributed by atoms with van der Waals surface area (Å²) in [6.45, 7) is 0. The van der Waals surface area contributed by atoms with Gasteiger partial charge < -0.3 is 15.6 Å². The number of hydrogen-bond acceptors (Lipinski definition) is 6. The predicted molar refractivity (Wildman–Crippen MR) is 75.1 cm³/mol. The molecule has 0 radical (unpaired) electrons. The monoisotopic (exact) mass is 327 g/mol. The Hall–Kier alpha value is -2.80. The quantitative estimate of drug-likeness (QED) is 0.381. The highest BCUT2D eigenvalue weighted by molar-refractivity contribution is 6.45. The minimum Gasteiger partial charge on any atom is -0.480 e. The van der Waals surface area contributed by atoms with E-state index in [1.165, 1.54) is 18.2 Å². The summed E-state index contributed by atoms with van der Waals surface area (Å²) in [6.07, 6.45) is -8.59. The number of nitrogens with zero attached hydrogens (tertiary/aromatic N) is 2. The van der Waals surface area contributed by atoms with Crippen molar-refractivity contribution < 1.29 is 23.0 Å². The lowest BCUT2D eigenvalue weighted by Gasteiger charge is -2.31. The molecule has 5 N–H and O–H groups in total. The van der Waals surface area contributed by atoms with Gasteiger partial charge in [-0.3, -0.25) is 10.8 Å². The van der Waals surface area contributed by atoms with Crippen molar-refractivity contribution in [3.05, 3.63) is 23.8 Å². The average Bonchev–Trinajstić information content (AvgIpc) is 2.46.